The van der Waals surface area contributed by atoms with E-state index in [2.05, 4.69) is 20.6 Å². The fourth-order valence-electron chi connectivity index (χ4n) is 1.39. The molecular formula is C11H20N4OS. The maximum absolute atomic E-state index is 10.9. The van der Waals surface area contributed by atoms with E-state index in [4.69, 9.17) is 0 Å². The summed E-state index contributed by atoms with van der Waals surface area (Å²) in [6.45, 7) is 5.53. The molecule has 1 atom stereocenters. The van der Waals surface area contributed by atoms with Crippen molar-refractivity contribution in [2.45, 2.75) is 20.3 Å². The van der Waals surface area contributed by atoms with Gasteiger partial charge in [-0.25, -0.2) is 4.98 Å². The van der Waals surface area contributed by atoms with Gasteiger partial charge in [0.1, 0.15) is 5.82 Å². The van der Waals surface area contributed by atoms with E-state index in [0.717, 1.165) is 36.8 Å². The number of nitrogens with zero attached hydrogens (tertiary/aromatic N) is 2. The molecule has 0 aromatic carbocycles. The van der Waals surface area contributed by atoms with Crippen molar-refractivity contribution in [2.24, 2.45) is 0 Å². The first-order valence-electron chi connectivity index (χ1n) is 5.75. The standard InChI is InChI=1S/C11H20N4OS/c1-4-12-11-14-9(2)8-10(15-11)13-6-5-7-17(3)16/h8H,4-7H2,1-3H3,(H2,12,13,14,15). The minimum Gasteiger partial charge on any atom is -0.370 e. The van der Waals surface area contributed by atoms with Crippen LogP contribution in [0.5, 0.6) is 0 Å². The van der Waals surface area contributed by atoms with Gasteiger partial charge in [-0.15, -0.1) is 0 Å². The van der Waals surface area contributed by atoms with E-state index in [9.17, 15) is 4.21 Å². The van der Waals surface area contributed by atoms with E-state index in [1.165, 1.54) is 0 Å². The van der Waals surface area contributed by atoms with Gasteiger partial charge < -0.3 is 10.6 Å². The van der Waals surface area contributed by atoms with E-state index in [1.54, 1.807) is 6.26 Å². The minimum absolute atomic E-state index is 0.647. The second kappa shape index (κ2) is 7.21. The number of hydrogen-bond acceptors (Lipinski definition) is 5. The summed E-state index contributed by atoms with van der Waals surface area (Å²) in [5.74, 6) is 2.18. The molecule has 0 radical (unpaired) electrons. The Kier molecular flexibility index (Phi) is 5.90. The van der Waals surface area contributed by atoms with E-state index in [-0.39, 0.29) is 0 Å². The third-order valence-corrected chi connectivity index (χ3v) is 2.97. The Morgan fingerprint density at radius 3 is 2.76 bits per heavy atom. The summed E-state index contributed by atoms with van der Waals surface area (Å²) in [5, 5.41) is 6.30. The molecule has 1 heterocycles. The molecule has 0 aliphatic carbocycles. The van der Waals surface area contributed by atoms with Gasteiger partial charge in [0.15, 0.2) is 0 Å². The van der Waals surface area contributed by atoms with Crippen molar-refractivity contribution in [2.75, 3.05) is 35.7 Å². The quantitative estimate of drug-likeness (QED) is 0.722. The number of anilines is 2. The van der Waals surface area contributed by atoms with Crippen LogP contribution in [0.3, 0.4) is 0 Å². The Balaban J connectivity index is 2.49. The zero-order chi connectivity index (χ0) is 12.7. The molecule has 5 nitrogen and oxygen atoms in total. The summed E-state index contributed by atoms with van der Waals surface area (Å²) in [4.78, 5) is 8.60. The molecule has 0 saturated heterocycles. The van der Waals surface area contributed by atoms with Gasteiger partial charge in [0.05, 0.1) is 0 Å². The van der Waals surface area contributed by atoms with Crippen molar-refractivity contribution in [3.63, 3.8) is 0 Å². The molecule has 0 bridgehead atoms. The first-order valence-corrected chi connectivity index (χ1v) is 7.48. The van der Waals surface area contributed by atoms with Crippen molar-refractivity contribution in [3.8, 4) is 0 Å². The van der Waals surface area contributed by atoms with Crippen LogP contribution < -0.4 is 10.6 Å². The molecule has 96 valence electrons. The third-order valence-electron chi connectivity index (χ3n) is 2.10. The lowest BCUT2D eigenvalue weighted by Gasteiger charge is -2.08. The lowest BCUT2D eigenvalue weighted by Crippen LogP contribution is -2.10. The highest BCUT2D eigenvalue weighted by molar-refractivity contribution is 7.84. The van der Waals surface area contributed by atoms with Gasteiger partial charge in [0.25, 0.3) is 0 Å². The molecule has 17 heavy (non-hydrogen) atoms. The van der Waals surface area contributed by atoms with Crippen LogP contribution in [0.25, 0.3) is 0 Å². The highest BCUT2D eigenvalue weighted by Gasteiger charge is 2.00. The molecule has 6 heteroatoms. The maximum Gasteiger partial charge on any atom is 0.224 e. The van der Waals surface area contributed by atoms with Crippen LogP contribution in [-0.2, 0) is 10.8 Å². The van der Waals surface area contributed by atoms with Crippen LogP contribution in [0.4, 0.5) is 11.8 Å². The Morgan fingerprint density at radius 1 is 1.35 bits per heavy atom. The minimum atomic E-state index is -0.720. The molecular weight excluding hydrogens is 236 g/mol. The summed E-state index contributed by atoms with van der Waals surface area (Å²) < 4.78 is 10.9. The van der Waals surface area contributed by atoms with Gasteiger partial charge >= 0.3 is 0 Å². The molecule has 1 unspecified atom stereocenters. The number of aromatic nitrogens is 2. The third kappa shape index (κ3) is 5.63. The molecule has 0 aliphatic rings. The fraction of sp³-hybridized carbons (Fsp3) is 0.636. The summed E-state index contributed by atoms with van der Waals surface area (Å²) >= 11 is 0. The normalized spacial score (nSPS) is 12.2. The number of nitrogens with one attached hydrogen (secondary N) is 2. The largest absolute Gasteiger partial charge is 0.370 e. The molecule has 1 rings (SSSR count). The SMILES string of the molecule is CCNc1nc(C)cc(NCCCS(C)=O)n1. The van der Waals surface area contributed by atoms with Crippen LogP contribution >= 0.6 is 0 Å². The summed E-state index contributed by atoms with van der Waals surface area (Å²) in [5.41, 5.74) is 0.928. The second-order valence-electron chi connectivity index (χ2n) is 3.81. The van der Waals surface area contributed by atoms with Gasteiger partial charge in [-0.05, 0) is 20.3 Å². The van der Waals surface area contributed by atoms with Crippen LogP contribution in [-0.4, -0.2) is 39.3 Å². The van der Waals surface area contributed by atoms with Crippen molar-refractivity contribution >= 4 is 22.6 Å². The summed E-state index contributed by atoms with van der Waals surface area (Å²) in [6.07, 6.45) is 2.60. The Bertz CT molecular complexity index is 384. The van der Waals surface area contributed by atoms with Crippen molar-refractivity contribution in [3.05, 3.63) is 11.8 Å². The Morgan fingerprint density at radius 2 is 2.12 bits per heavy atom. The average Bonchev–Trinajstić information content (AvgIpc) is 2.24. The van der Waals surface area contributed by atoms with E-state index >= 15 is 0 Å². The zero-order valence-corrected chi connectivity index (χ0v) is 11.4. The summed E-state index contributed by atoms with van der Waals surface area (Å²) in [6, 6.07) is 1.91. The van der Waals surface area contributed by atoms with Crippen molar-refractivity contribution in [1.29, 1.82) is 0 Å². The maximum atomic E-state index is 10.9. The molecule has 1 aromatic heterocycles. The zero-order valence-electron chi connectivity index (χ0n) is 10.6. The molecule has 0 amide bonds. The lowest BCUT2D eigenvalue weighted by molar-refractivity contribution is 0.685. The van der Waals surface area contributed by atoms with Gasteiger partial charge in [-0.2, -0.15) is 4.98 Å². The molecule has 1 aromatic rings. The second-order valence-corrected chi connectivity index (χ2v) is 5.36. The predicted octanol–water partition coefficient (Wildman–Crippen LogP) is 1.40. The van der Waals surface area contributed by atoms with Crippen LogP contribution in [0.15, 0.2) is 6.07 Å². The monoisotopic (exact) mass is 256 g/mol. The average molecular weight is 256 g/mol. The fourth-order valence-corrected chi connectivity index (χ4v) is 1.94. The van der Waals surface area contributed by atoms with Crippen LogP contribution in [0.1, 0.15) is 19.0 Å². The molecule has 0 saturated carbocycles. The number of hydrogen-bond donors (Lipinski definition) is 2. The van der Waals surface area contributed by atoms with Crippen LogP contribution in [0.2, 0.25) is 0 Å². The van der Waals surface area contributed by atoms with E-state index in [0.29, 0.717) is 5.95 Å². The Labute approximate surface area is 105 Å². The van der Waals surface area contributed by atoms with Crippen molar-refractivity contribution < 1.29 is 4.21 Å². The topological polar surface area (TPSA) is 66.9 Å². The lowest BCUT2D eigenvalue weighted by atomic mass is 10.4. The van der Waals surface area contributed by atoms with Crippen molar-refractivity contribution in [1.82, 2.24) is 9.97 Å². The van der Waals surface area contributed by atoms with E-state index < -0.39 is 10.8 Å². The van der Waals surface area contributed by atoms with Gasteiger partial charge in [0.2, 0.25) is 5.95 Å². The highest BCUT2D eigenvalue weighted by atomic mass is 32.2. The number of rotatable bonds is 7. The predicted molar refractivity (Wildman–Crippen MR) is 73.0 cm³/mol. The smallest absolute Gasteiger partial charge is 0.224 e. The number of aryl methyl sites for hydroxylation is 1. The van der Waals surface area contributed by atoms with Gasteiger partial charge in [0, 0.05) is 47.7 Å². The molecule has 0 spiro atoms. The Hall–Kier alpha value is -1.17. The van der Waals surface area contributed by atoms with Gasteiger partial charge in [-0.3, -0.25) is 4.21 Å². The van der Waals surface area contributed by atoms with Gasteiger partial charge in [-0.1, -0.05) is 0 Å². The molecule has 0 fully saturated rings. The van der Waals surface area contributed by atoms with E-state index in [1.807, 2.05) is 19.9 Å². The first kappa shape index (κ1) is 13.9. The molecule has 2 N–H and O–H groups in total. The highest BCUT2D eigenvalue weighted by Crippen LogP contribution is 2.09. The first-order chi connectivity index (χ1) is 8.11. The van der Waals surface area contributed by atoms with Crippen LogP contribution in [0, 0.1) is 6.92 Å². The molecule has 0 aliphatic heterocycles. The summed E-state index contributed by atoms with van der Waals surface area (Å²) in [7, 11) is -0.720.